The minimum absolute atomic E-state index is 0.0824. The third-order valence-electron chi connectivity index (χ3n) is 4.31. The van der Waals surface area contributed by atoms with E-state index in [9.17, 15) is 0 Å². The van der Waals surface area contributed by atoms with Gasteiger partial charge in [-0.1, -0.05) is 37.3 Å². The summed E-state index contributed by atoms with van der Waals surface area (Å²) in [5.74, 6) is 0. The van der Waals surface area contributed by atoms with Gasteiger partial charge in [0.25, 0.3) is 0 Å². The number of benzene rings is 1. The smallest absolute Gasteiger partial charge is 0.0480 e. The molecule has 0 radical (unpaired) electrons. The molecule has 106 valence electrons. The summed E-state index contributed by atoms with van der Waals surface area (Å²) in [7, 11) is 2.22. The van der Waals surface area contributed by atoms with Gasteiger partial charge < -0.3 is 10.5 Å². The van der Waals surface area contributed by atoms with E-state index in [1.54, 1.807) is 0 Å². The van der Waals surface area contributed by atoms with Crippen molar-refractivity contribution >= 4 is 0 Å². The lowest BCUT2D eigenvalue weighted by atomic mass is 9.94. The Labute approximate surface area is 116 Å². The molecule has 0 aliphatic carbocycles. The molecule has 2 unspecified atom stereocenters. The maximum Gasteiger partial charge on any atom is 0.0480 e. The molecule has 2 atom stereocenters. The normalized spacial score (nSPS) is 20.4. The maximum absolute atomic E-state index is 6.48. The van der Waals surface area contributed by atoms with Crippen LogP contribution in [0.3, 0.4) is 0 Å². The highest BCUT2D eigenvalue weighted by Gasteiger charge is 2.28. The van der Waals surface area contributed by atoms with E-state index in [-0.39, 0.29) is 6.04 Å². The summed E-state index contributed by atoms with van der Waals surface area (Å²) in [6.45, 7) is 3.99. The summed E-state index contributed by atoms with van der Waals surface area (Å²) in [4.78, 5) is 2.47. The van der Waals surface area contributed by atoms with Crippen molar-refractivity contribution in [3.8, 4) is 0 Å². The van der Waals surface area contributed by atoms with Gasteiger partial charge in [-0.25, -0.2) is 0 Å². The Morgan fingerprint density at radius 3 is 2.47 bits per heavy atom. The molecule has 1 aromatic carbocycles. The largest absolute Gasteiger partial charge is 0.381 e. The van der Waals surface area contributed by atoms with Gasteiger partial charge in [-0.3, -0.25) is 4.90 Å². The highest BCUT2D eigenvalue weighted by Crippen LogP contribution is 2.24. The van der Waals surface area contributed by atoms with Crippen LogP contribution in [-0.2, 0) is 4.74 Å². The number of likely N-dealkylation sites (N-methyl/N-ethyl adjacent to an activating group) is 1. The second-order valence-corrected chi connectivity index (χ2v) is 5.42. The van der Waals surface area contributed by atoms with Crippen LogP contribution in [0.25, 0.3) is 0 Å². The van der Waals surface area contributed by atoms with E-state index in [1.165, 1.54) is 5.56 Å². The fourth-order valence-electron chi connectivity index (χ4n) is 3.06. The van der Waals surface area contributed by atoms with Gasteiger partial charge in [0.1, 0.15) is 0 Å². The average molecular weight is 262 g/mol. The molecule has 2 N–H and O–H groups in total. The van der Waals surface area contributed by atoms with Crippen molar-refractivity contribution in [2.75, 3.05) is 20.3 Å². The van der Waals surface area contributed by atoms with E-state index in [0.29, 0.717) is 12.1 Å². The van der Waals surface area contributed by atoms with Crippen molar-refractivity contribution in [1.82, 2.24) is 4.90 Å². The molecule has 0 amide bonds. The SMILES string of the molecule is CCC(C(N)c1ccccc1)N(C)C1CCOCC1. The Morgan fingerprint density at radius 1 is 1.26 bits per heavy atom. The molecule has 19 heavy (non-hydrogen) atoms. The third kappa shape index (κ3) is 3.56. The van der Waals surface area contributed by atoms with Gasteiger partial charge in [0.05, 0.1) is 0 Å². The summed E-state index contributed by atoms with van der Waals surface area (Å²) >= 11 is 0. The van der Waals surface area contributed by atoms with Crippen LogP contribution in [0.4, 0.5) is 0 Å². The quantitative estimate of drug-likeness (QED) is 0.886. The minimum Gasteiger partial charge on any atom is -0.381 e. The maximum atomic E-state index is 6.48. The molecule has 1 aromatic rings. The summed E-state index contributed by atoms with van der Waals surface area (Å²) in [6, 6.07) is 11.5. The Morgan fingerprint density at radius 2 is 1.89 bits per heavy atom. The highest BCUT2D eigenvalue weighted by molar-refractivity contribution is 5.20. The first kappa shape index (κ1) is 14.5. The van der Waals surface area contributed by atoms with E-state index >= 15 is 0 Å². The lowest BCUT2D eigenvalue weighted by molar-refractivity contribution is 0.0231. The molecular formula is C16H26N2O. The van der Waals surface area contributed by atoms with E-state index in [0.717, 1.165) is 32.5 Å². The number of nitrogens with zero attached hydrogens (tertiary/aromatic N) is 1. The molecule has 3 nitrogen and oxygen atoms in total. The van der Waals surface area contributed by atoms with Crippen LogP contribution in [0.5, 0.6) is 0 Å². The van der Waals surface area contributed by atoms with E-state index in [4.69, 9.17) is 10.5 Å². The standard InChI is InChI=1S/C16H26N2O/c1-3-15(16(17)13-7-5-4-6-8-13)18(2)14-9-11-19-12-10-14/h4-8,14-16H,3,9-12,17H2,1-2H3. The van der Waals surface area contributed by atoms with Gasteiger partial charge in [0.15, 0.2) is 0 Å². The van der Waals surface area contributed by atoms with Crippen molar-refractivity contribution in [3.63, 3.8) is 0 Å². The summed E-state index contributed by atoms with van der Waals surface area (Å²) < 4.78 is 5.45. The van der Waals surface area contributed by atoms with Crippen molar-refractivity contribution in [2.24, 2.45) is 5.73 Å². The van der Waals surface area contributed by atoms with Crippen molar-refractivity contribution in [3.05, 3.63) is 35.9 Å². The second-order valence-electron chi connectivity index (χ2n) is 5.42. The molecule has 1 aliphatic rings. The molecular weight excluding hydrogens is 236 g/mol. The fraction of sp³-hybridized carbons (Fsp3) is 0.625. The van der Waals surface area contributed by atoms with Crippen LogP contribution in [0, 0.1) is 0 Å². The first-order valence-electron chi connectivity index (χ1n) is 7.34. The lowest BCUT2D eigenvalue weighted by Gasteiger charge is -2.39. The monoisotopic (exact) mass is 262 g/mol. The van der Waals surface area contributed by atoms with Crippen LogP contribution in [0.1, 0.15) is 37.8 Å². The predicted octanol–water partition coefficient (Wildman–Crippen LogP) is 2.58. The van der Waals surface area contributed by atoms with Crippen LogP contribution >= 0.6 is 0 Å². The molecule has 1 aliphatic heterocycles. The van der Waals surface area contributed by atoms with Gasteiger partial charge >= 0.3 is 0 Å². The average Bonchev–Trinajstić information content (AvgIpc) is 2.49. The molecule has 1 fully saturated rings. The van der Waals surface area contributed by atoms with Crippen molar-refractivity contribution in [2.45, 2.75) is 44.3 Å². The Balaban J connectivity index is 2.05. The number of rotatable bonds is 5. The Hall–Kier alpha value is -0.900. The predicted molar refractivity (Wildman–Crippen MR) is 79.1 cm³/mol. The van der Waals surface area contributed by atoms with Gasteiger partial charge in [-0.05, 0) is 31.9 Å². The zero-order valence-corrected chi connectivity index (χ0v) is 12.1. The van der Waals surface area contributed by atoms with Crippen LogP contribution < -0.4 is 5.73 Å². The van der Waals surface area contributed by atoms with Gasteiger partial charge in [-0.2, -0.15) is 0 Å². The number of nitrogens with two attached hydrogens (primary N) is 1. The molecule has 0 saturated carbocycles. The molecule has 0 bridgehead atoms. The van der Waals surface area contributed by atoms with Crippen molar-refractivity contribution < 1.29 is 4.74 Å². The van der Waals surface area contributed by atoms with Crippen LogP contribution in [0.2, 0.25) is 0 Å². The zero-order chi connectivity index (χ0) is 13.7. The third-order valence-corrected chi connectivity index (χ3v) is 4.31. The molecule has 0 aromatic heterocycles. The first-order chi connectivity index (χ1) is 9.24. The number of hydrogen-bond donors (Lipinski definition) is 1. The number of hydrogen-bond acceptors (Lipinski definition) is 3. The molecule has 3 heteroatoms. The summed E-state index contributed by atoms with van der Waals surface area (Å²) in [6.07, 6.45) is 3.31. The lowest BCUT2D eigenvalue weighted by Crippen LogP contribution is -2.47. The van der Waals surface area contributed by atoms with E-state index in [1.807, 2.05) is 6.07 Å². The summed E-state index contributed by atoms with van der Waals surface area (Å²) in [5.41, 5.74) is 7.71. The summed E-state index contributed by atoms with van der Waals surface area (Å²) in [5, 5.41) is 0. The van der Waals surface area contributed by atoms with Gasteiger partial charge in [-0.15, -0.1) is 0 Å². The molecule has 1 heterocycles. The topological polar surface area (TPSA) is 38.5 Å². The molecule has 0 spiro atoms. The highest BCUT2D eigenvalue weighted by atomic mass is 16.5. The van der Waals surface area contributed by atoms with Gasteiger partial charge in [0, 0.05) is 31.3 Å². The van der Waals surface area contributed by atoms with Crippen LogP contribution in [0.15, 0.2) is 30.3 Å². The van der Waals surface area contributed by atoms with E-state index < -0.39 is 0 Å². The van der Waals surface area contributed by atoms with Gasteiger partial charge in [0.2, 0.25) is 0 Å². The molecule has 1 saturated heterocycles. The van der Waals surface area contributed by atoms with Crippen LogP contribution in [-0.4, -0.2) is 37.2 Å². The second kappa shape index (κ2) is 7.04. The fourth-order valence-corrected chi connectivity index (χ4v) is 3.06. The Bertz CT molecular complexity index is 362. The minimum atomic E-state index is 0.0824. The number of ether oxygens (including phenoxy) is 1. The first-order valence-corrected chi connectivity index (χ1v) is 7.34. The van der Waals surface area contributed by atoms with Crippen molar-refractivity contribution in [1.29, 1.82) is 0 Å². The Kier molecular flexibility index (Phi) is 5.37. The zero-order valence-electron chi connectivity index (χ0n) is 12.1. The molecule has 2 rings (SSSR count). The van der Waals surface area contributed by atoms with E-state index in [2.05, 4.69) is 43.1 Å².